The van der Waals surface area contributed by atoms with Gasteiger partial charge in [-0.2, -0.15) is 0 Å². The van der Waals surface area contributed by atoms with E-state index < -0.39 is 27.3 Å². The molecule has 1 heterocycles. The van der Waals surface area contributed by atoms with Crippen molar-refractivity contribution in [3.8, 4) is 0 Å². The van der Waals surface area contributed by atoms with Crippen LogP contribution in [0, 0.1) is 18.8 Å². The van der Waals surface area contributed by atoms with Gasteiger partial charge in [0.15, 0.2) is 0 Å². The fourth-order valence-corrected chi connectivity index (χ4v) is 6.68. The summed E-state index contributed by atoms with van der Waals surface area (Å²) in [4.78, 5) is 14.5. The molecule has 1 saturated heterocycles. The highest BCUT2D eigenvalue weighted by molar-refractivity contribution is 7.89. The number of piperidine rings is 1. The Kier molecular flexibility index (Phi) is 7.01. The molecule has 1 amide bonds. The van der Waals surface area contributed by atoms with Gasteiger partial charge in [-0.25, -0.2) is 13.1 Å². The molecule has 3 N–H and O–H groups in total. The first-order valence-electron chi connectivity index (χ1n) is 10.6. The molecule has 0 radical (unpaired) electrons. The number of hydrogen-bond donors (Lipinski definition) is 2. The Morgan fingerprint density at radius 3 is 2.55 bits per heavy atom. The number of likely N-dealkylation sites (tertiary alicyclic amines) is 1. The molecule has 6 nitrogen and oxygen atoms in total. The molecule has 0 bridgehead atoms. The Labute approximate surface area is 190 Å². The van der Waals surface area contributed by atoms with Crippen LogP contribution in [0.3, 0.4) is 0 Å². The van der Waals surface area contributed by atoms with Crippen LogP contribution < -0.4 is 10.5 Å². The van der Waals surface area contributed by atoms with Gasteiger partial charge in [-0.1, -0.05) is 48.9 Å². The number of amides is 1. The number of halogens is 1. The predicted molar refractivity (Wildman–Crippen MR) is 125 cm³/mol. The molecule has 3 atom stereocenters. The highest BCUT2D eigenvalue weighted by atomic mass is 35.5. The summed E-state index contributed by atoms with van der Waals surface area (Å²) < 4.78 is 29.2. The van der Waals surface area contributed by atoms with E-state index in [4.69, 9.17) is 17.3 Å². The van der Waals surface area contributed by atoms with Crippen LogP contribution >= 0.6 is 11.6 Å². The highest BCUT2D eigenvalue weighted by Crippen LogP contribution is 2.42. The van der Waals surface area contributed by atoms with Gasteiger partial charge in [0, 0.05) is 16.5 Å². The van der Waals surface area contributed by atoms with Crippen molar-refractivity contribution in [1.82, 2.24) is 9.62 Å². The maximum absolute atomic E-state index is 13.2. The Balaban J connectivity index is 1.90. The number of sulfonamides is 1. The summed E-state index contributed by atoms with van der Waals surface area (Å²) in [5, 5.41) is 0.337. The van der Waals surface area contributed by atoms with Gasteiger partial charge < -0.3 is 10.6 Å². The number of allylic oxidation sites excluding steroid dienone is 3. The molecule has 1 aromatic carbocycles. The van der Waals surface area contributed by atoms with E-state index in [1.165, 1.54) is 0 Å². The normalized spacial score (nSPS) is 26.2. The van der Waals surface area contributed by atoms with Gasteiger partial charge in [-0.15, -0.1) is 0 Å². The lowest BCUT2D eigenvalue weighted by Gasteiger charge is -2.35. The van der Waals surface area contributed by atoms with Crippen LogP contribution in [0.1, 0.15) is 37.8 Å². The fraction of sp³-hybridized carbons (Fsp3) is 0.522. The number of hydrogen-bond acceptors (Lipinski definition) is 4. The second kappa shape index (κ2) is 9.06. The van der Waals surface area contributed by atoms with Crippen LogP contribution in [0.2, 0.25) is 5.02 Å². The summed E-state index contributed by atoms with van der Waals surface area (Å²) in [6.07, 6.45) is 9.20. The topological polar surface area (TPSA) is 92.5 Å². The van der Waals surface area contributed by atoms with E-state index in [1.807, 2.05) is 26.0 Å². The van der Waals surface area contributed by atoms with Gasteiger partial charge in [-0.3, -0.25) is 4.79 Å². The standard InChI is InChI=1S/C23H32ClN3O3S/c1-15-20(31(29,30)26-16(2)17-10-13-27(4)14-11-17)9-8-18(21(15)24)23(3)12-6-5-7-19(23)22(25)28/h5-9,12,16-17,19,26H,10-11,13-14H2,1-4H3,(H2,25,28). The average molecular weight is 466 g/mol. The molecule has 0 aromatic heterocycles. The van der Waals surface area contributed by atoms with Gasteiger partial charge in [0.2, 0.25) is 15.9 Å². The van der Waals surface area contributed by atoms with E-state index >= 15 is 0 Å². The molecular weight excluding hydrogens is 434 g/mol. The number of benzene rings is 1. The monoisotopic (exact) mass is 465 g/mol. The van der Waals surface area contributed by atoms with Crippen molar-refractivity contribution >= 4 is 27.5 Å². The first-order chi connectivity index (χ1) is 14.5. The van der Waals surface area contributed by atoms with Gasteiger partial charge in [-0.05, 0) is 69.9 Å². The van der Waals surface area contributed by atoms with Gasteiger partial charge in [0.05, 0.1) is 10.8 Å². The Morgan fingerprint density at radius 1 is 1.29 bits per heavy atom. The van der Waals surface area contributed by atoms with Crippen molar-refractivity contribution in [1.29, 1.82) is 0 Å². The molecule has 1 aliphatic carbocycles. The lowest BCUT2D eigenvalue weighted by Crippen LogP contribution is -2.43. The van der Waals surface area contributed by atoms with Crippen molar-refractivity contribution in [3.63, 3.8) is 0 Å². The molecule has 170 valence electrons. The van der Waals surface area contributed by atoms with Crippen LogP contribution in [0.25, 0.3) is 0 Å². The second-order valence-corrected chi connectivity index (χ2v) is 11.1. The van der Waals surface area contributed by atoms with Crippen LogP contribution in [0.15, 0.2) is 41.3 Å². The third kappa shape index (κ3) is 4.75. The molecule has 3 unspecified atom stereocenters. The summed E-state index contributed by atoms with van der Waals surface area (Å²) in [6, 6.07) is 3.11. The number of carbonyl (C=O) groups excluding carboxylic acids is 1. The van der Waals surface area contributed by atoms with E-state index in [-0.39, 0.29) is 10.9 Å². The summed E-state index contributed by atoms with van der Waals surface area (Å²) in [6.45, 7) is 7.45. The number of nitrogens with two attached hydrogens (primary N) is 1. The SMILES string of the molecule is Cc1c(S(=O)(=O)NC(C)C2CCN(C)CC2)ccc(C2(C)C=CC=CC2C(N)=O)c1Cl. The summed E-state index contributed by atoms with van der Waals surface area (Å²) in [5.74, 6) is -0.725. The Morgan fingerprint density at radius 2 is 1.94 bits per heavy atom. The number of nitrogens with zero attached hydrogens (tertiary/aromatic N) is 1. The van der Waals surface area contributed by atoms with Crippen LogP contribution in [0.5, 0.6) is 0 Å². The highest BCUT2D eigenvalue weighted by Gasteiger charge is 2.39. The molecular formula is C23H32ClN3O3S. The Bertz CT molecular complexity index is 1010. The van der Waals surface area contributed by atoms with Crippen molar-refractivity contribution in [3.05, 3.63) is 52.6 Å². The first kappa shape index (κ1) is 24.0. The minimum absolute atomic E-state index is 0.163. The molecule has 3 rings (SSSR count). The first-order valence-corrected chi connectivity index (χ1v) is 12.5. The third-order valence-corrected chi connectivity index (χ3v) is 9.02. The molecule has 0 spiro atoms. The Hall–Kier alpha value is -1.67. The number of carbonyl (C=O) groups is 1. The van der Waals surface area contributed by atoms with Crippen molar-refractivity contribution < 1.29 is 13.2 Å². The van der Waals surface area contributed by atoms with E-state index in [0.717, 1.165) is 25.9 Å². The van der Waals surface area contributed by atoms with Crippen LogP contribution in [-0.2, 0) is 20.2 Å². The largest absolute Gasteiger partial charge is 0.369 e. The van der Waals surface area contributed by atoms with Crippen LogP contribution in [-0.4, -0.2) is 45.4 Å². The second-order valence-electron chi connectivity index (χ2n) is 9.01. The fourth-order valence-electron chi connectivity index (χ4n) is 4.69. The van der Waals surface area contributed by atoms with Crippen molar-refractivity contribution in [2.45, 2.75) is 50.0 Å². The van der Waals surface area contributed by atoms with E-state index in [1.54, 1.807) is 31.2 Å². The van der Waals surface area contributed by atoms with E-state index in [2.05, 4.69) is 16.7 Å². The van der Waals surface area contributed by atoms with Gasteiger partial charge >= 0.3 is 0 Å². The minimum atomic E-state index is -3.74. The lowest BCUT2D eigenvalue weighted by molar-refractivity contribution is -0.121. The average Bonchev–Trinajstić information content (AvgIpc) is 2.69. The van der Waals surface area contributed by atoms with E-state index in [0.29, 0.717) is 22.1 Å². The number of primary amides is 1. The third-order valence-electron chi connectivity index (χ3n) is 6.83. The predicted octanol–water partition coefficient (Wildman–Crippen LogP) is 3.14. The van der Waals surface area contributed by atoms with Crippen molar-refractivity contribution in [2.75, 3.05) is 20.1 Å². The molecule has 1 aromatic rings. The molecule has 8 heteroatoms. The smallest absolute Gasteiger partial charge is 0.241 e. The van der Waals surface area contributed by atoms with Gasteiger partial charge in [0.1, 0.15) is 0 Å². The zero-order valence-corrected chi connectivity index (χ0v) is 20.1. The number of nitrogens with one attached hydrogen (secondary N) is 1. The summed E-state index contributed by atoms with van der Waals surface area (Å²) >= 11 is 6.69. The van der Waals surface area contributed by atoms with Gasteiger partial charge in [0.25, 0.3) is 0 Å². The number of rotatable bonds is 6. The zero-order chi connectivity index (χ0) is 23.0. The molecule has 1 fully saturated rings. The van der Waals surface area contributed by atoms with Crippen molar-refractivity contribution in [2.24, 2.45) is 17.6 Å². The quantitative estimate of drug-likeness (QED) is 0.675. The molecule has 0 saturated carbocycles. The zero-order valence-electron chi connectivity index (χ0n) is 18.6. The minimum Gasteiger partial charge on any atom is -0.369 e. The molecule has 31 heavy (non-hydrogen) atoms. The van der Waals surface area contributed by atoms with E-state index in [9.17, 15) is 13.2 Å². The van der Waals surface area contributed by atoms with Crippen LogP contribution in [0.4, 0.5) is 0 Å². The summed E-state index contributed by atoms with van der Waals surface area (Å²) in [7, 11) is -1.66. The summed E-state index contributed by atoms with van der Waals surface area (Å²) in [5.41, 5.74) is 6.02. The molecule has 1 aliphatic heterocycles. The lowest BCUT2D eigenvalue weighted by atomic mass is 9.69. The maximum atomic E-state index is 13.2. The maximum Gasteiger partial charge on any atom is 0.241 e. The molecule has 2 aliphatic rings.